The van der Waals surface area contributed by atoms with Crippen molar-refractivity contribution in [3.63, 3.8) is 0 Å². The average molecular weight is 809 g/mol. The summed E-state index contributed by atoms with van der Waals surface area (Å²) in [4.78, 5) is 0. The second-order valence-electron chi connectivity index (χ2n) is 20.0. The Morgan fingerprint density at radius 1 is 0.517 bits per heavy atom. The SMILES string of the molecule is CC(C)(C)c1cc(C(C)(C)C)c2op(O[C@@H](CC[P@@](c3ccccc3)c3cccc4ccccc34)c3ccccc3)oc3c(C(C)(C)C)cc(C(C)(C)C)cc3c2c1. The number of hydrogen-bond donors (Lipinski definition) is 0. The number of benzene rings is 6. The van der Waals surface area contributed by atoms with Crippen LogP contribution in [-0.4, -0.2) is 6.16 Å². The topological polar surface area (TPSA) is 35.5 Å². The molecule has 0 N–H and O–H groups in total. The van der Waals surface area contributed by atoms with Gasteiger partial charge >= 0.3 is 8.24 Å². The van der Waals surface area contributed by atoms with Gasteiger partial charge in [0.2, 0.25) is 0 Å². The van der Waals surface area contributed by atoms with Crippen molar-refractivity contribution >= 4 is 59.5 Å². The summed E-state index contributed by atoms with van der Waals surface area (Å²) in [5, 5.41) is 7.52. The molecule has 0 amide bonds. The summed E-state index contributed by atoms with van der Waals surface area (Å²) in [5.41, 5.74) is 7.21. The van der Waals surface area contributed by atoms with Crippen LogP contribution in [0.4, 0.5) is 0 Å². The molecule has 0 aliphatic rings. The van der Waals surface area contributed by atoms with Gasteiger partial charge in [0.15, 0.2) is 0 Å². The summed E-state index contributed by atoms with van der Waals surface area (Å²) in [6.07, 6.45) is 1.47. The van der Waals surface area contributed by atoms with E-state index < -0.39 is 16.2 Å². The average Bonchev–Trinajstić information content (AvgIpc) is 3.32. The summed E-state index contributed by atoms with van der Waals surface area (Å²) < 4.78 is 21.9. The van der Waals surface area contributed by atoms with Crippen molar-refractivity contribution in [3.05, 3.63) is 155 Å². The molecule has 7 aromatic rings. The van der Waals surface area contributed by atoms with Crippen LogP contribution in [0.1, 0.15) is 123 Å². The highest BCUT2D eigenvalue weighted by Crippen LogP contribution is 2.47. The van der Waals surface area contributed by atoms with Gasteiger partial charge in [0.25, 0.3) is 0 Å². The second-order valence-corrected chi connectivity index (χ2v) is 23.3. The predicted molar refractivity (Wildman–Crippen MR) is 253 cm³/mol. The molecule has 7 rings (SSSR count). The second kappa shape index (κ2) is 16.1. The van der Waals surface area contributed by atoms with Crippen molar-refractivity contribution in [1.82, 2.24) is 0 Å². The van der Waals surface area contributed by atoms with Crippen molar-refractivity contribution < 1.29 is 12.9 Å². The molecule has 0 bridgehead atoms. The third-order valence-corrected chi connectivity index (χ3v) is 15.0. The molecule has 5 heteroatoms. The van der Waals surface area contributed by atoms with Crippen LogP contribution in [0.25, 0.3) is 32.7 Å². The summed E-state index contributed by atoms with van der Waals surface area (Å²) in [7, 11) is -2.61. The molecule has 1 heterocycles. The van der Waals surface area contributed by atoms with Crippen LogP contribution in [0.3, 0.4) is 0 Å². The van der Waals surface area contributed by atoms with Crippen molar-refractivity contribution in [3.8, 4) is 0 Å². The molecule has 2 atom stereocenters. The fraction of sp³-hybridized carbons (Fsp3) is 0.358. The minimum atomic E-state index is -1.90. The number of fused-ring (bicyclic) bond motifs is 4. The monoisotopic (exact) mass is 808 g/mol. The van der Waals surface area contributed by atoms with Gasteiger partial charge in [-0.15, -0.1) is 0 Å². The van der Waals surface area contributed by atoms with Crippen molar-refractivity contribution in [2.45, 2.75) is 117 Å². The van der Waals surface area contributed by atoms with Gasteiger partial charge < -0.3 is 8.39 Å². The Bertz CT molecular complexity index is 2480. The van der Waals surface area contributed by atoms with Crippen molar-refractivity contribution in [1.29, 1.82) is 0 Å². The van der Waals surface area contributed by atoms with Gasteiger partial charge in [0.05, 0.1) is 6.10 Å². The van der Waals surface area contributed by atoms with Gasteiger partial charge in [-0.25, -0.2) is 0 Å². The number of rotatable bonds is 8. The van der Waals surface area contributed by atoms with Crippen LogP contribution < -0.4 is 15.1 Å². The zero-order chi connectivity index (χ0) is 41.6. The van der Waals surface area contributed by atoms with E-state index >= 15 is 0 Å². The van der Waals surface area contributed by atoms with E-state index in [2.05, 4.69) is 210 Å². The summed E-state index contributed by atoms with van der Waals surface area (Å²) in [5.74, 6) is 0. The first-order chi connectivity index (χ1) is 27.3. The van der Waals surface area contributed by atoms with Crippen molar-refractivity contribution in [2.24, 2.45) is 0 Å². The van der Waals surface area contributed by atoms with E-state index in [9.17, 15) is 0 Å². The van der Waals surface area contributed by atoms with Gasteiger partial charge in [-0.3, -0.25) is 4.52 Å². The van der Waals surface area contributed by atoms with E-state index in [4.69, 9.17) is 12.9 Å². The molecule has 0 radical (unpaired) electrons. The Morgan fingerprint density at radius 3 is 1.52 bits per heavy atom. The first-order valence-corrected chi connectivity index (χ1v) is 23.5. The van der Waals surface area contributed by atoms with Crippen LogP contribution in [0.15, 0.2) is 136 Å². The lowest BCUT2D eigenvalue weighted by Gasteiger charge is -2.27. The minimum absolute atomic E-state index is 0.0717. The molecule has 0 fully saturated rings. The van der Waals surface area contributed by atoms with E-state index in [1.165, 1.54) is 43.6 Å². The molecule has 58 heavy (non-hydrogen) atoms. The lowest BCUT2D eigenvalue weighted by molar-refractivity contribution is 0.258. The van der Waals surface area contributed by atoms with Crippen molar-refractivity contribution in [2.75, 3.05) is 6.16 Å². The maximum atomic E-state index is 7.34. The van der Waals surface area contributed by atoms with Crippen LogP contribution >= 0.6 is 16.2 Å². The van der Waals surface area contributed by atoms with Gasteiger partial charge in [-0.2, -0.15) is 0 Å². The standard InChI is InChI=1S/C53H62O3P2/c1-50(2,3)38-32-42-43-33-39(51(4,5)6)35-45(53(10,11)12)49(43)56-58(55-48(42)44(34-38)52(7,8)9)54-46(37-23-15-13-16-24-37)30-31-57(40-26-17-14-18-27-40)47-29-21-25-36-22-19-20-28-41(36)47/h13-29,32-35,46H,30-31H2,1-12H3/t46-,57-/m0/s1. The van der Waals surface area contributed by atoms with Crippen LogP contribution in [-0.2, 0) is 21.7 Å². The van der Waals surface area contributed by atoms with Gasteiger partial charge in [-0.1, -0.05) is 198 Å². The summed E-state index contributed by atoms with van der Waals surface area (Å²) >= 11 is 0. The Balaban J connectivity index is 1.47. The van der Waals surface area contributed by atoms with E-state index in [0.717, 1.165) is 40.1 Å². The minimum Gasteiger partial charge on any atom is -0.399 e. The van der Waals surface area contributed by atoms with E-state index in [-0.39, 0.29) is 27.8 Å². The highest BCUT2D eigenvalue weighted by atomic mass is 31.1. The molecule has 6 aromatic carbocycles. The maximum Gasteiger partial charge on any atom is 0.388 e. The molecule has 0 saturated heterocycles. The Hall–Kier alpha value is -4.13. The molecule has 302 valence electrons. The Morgan fingerprint density at radius 2 is 1.00 bits per heavy atom. The van der Waals surface area contributed by atoms with E-state index in [1.807, 2.05) is 0 Å². The van der Waals surface area contributed by atoms with Gasteiger partial charge in [0, 0.05) is 21.9 Å². The van der Waals surface area contributed by atoms with Gasteiger partial charge in [0.1, 0.15) is 11.2 Å². The largest absolute Gasteiger partial charge is 0.399 e. The fourth-order valence-electron chi connectivity index (χ4n) is 7.78. The molecular weight excluding hydrogens is 747 g/mol. The van der Waals surface area contributed by atoms with Gasteiger partial charge in [-0.05, 0) is 92.4 Å². The van der Waals surface area contributed by atoms with Crippen LogP contribution in [0.5, 0.6) is 0 Å². The Kier molecular flexibility index (Phi) is 11.7. The zero-order valence-corrected chi connectivity index (χ0v) is 38.5. The highest BCUT2D eigenvalue weighted by molar-refractivity contribution is 7.73. The van der Waals surface area contributed by atoms with Crippen LogP contribution in [0.2, 0.25) is 0 Å². The highest BCUT2D eigenvalue weighted by Gasteiger charge is 2.30. The van der Waals surface area contributed by atoms with E-state index in [0.29, 0.717) is 0 Å². The molecule has 0 aliphatic carbocycles. The van der Waals surface area contributed by atoms with E-state index in [1.54, 1.807) is 0 Å². The number of hydrogen-bond acceptors (Lipinski definition) is 3. The normalized spacial score (nSPS) is 13.9. The molecule has 0 saturated carbocycles. The third-order valence-electron chi connectivity index (χ3n) is 11.3. The third kappa shape index (κ3) is 9.04. The molecule has 0 aliphatic heterocycles. The molecule has 1 aromatic heterocycles. The lowest BCUT2D eigenvalue weighted by Crippen LogP contribution is -2.17. The fourth-order valence-corrected chi connectivity index (χ4v) is 11.6. The quantitative estimate of drug-likeness (QED) is 0.143. The molecule has 0 unspecified atom stereocenters. The van der Waals surface area contributed by atoms with Crippen LogP contribution in [0, 0.1) is 0 Å². The predicted octanol–water partition coefficient (Wildman–Crippen LogP) is 15.3. The lowest BCUT2D eigenvalue weighted by atomic mass is 9.77. The summed E-state index contributed by atoms with van der Waals surface area (Å²) in [6, 6.07) is 46.7. The molecule has 3 nitrogen and oxygen atoms in total. The molecular formula is C53H62O3P2. The maximum absolute atomic E-state index is 7.34. The molecule has 0 spiro atoms. The first kappa shape index (κ1) is 42.0. The Labute approximate surface area is 349 Å². The first-order valence-electron chi connectivity index (χ1n) is 20.9. The zero-order valence-electron chi connectivity index (χ0n) is 36.7. The summed E-state index contributed by atoms with van der Waals surface area (Å²) in [6.45, 7) is 27.5. The smallest absolute Gasteiger partial charge is 0.388 e.